The molecule has 1 heterocycles. The number of methoxy groups -OCH3 is 2. The van der Waals surface area contributed by atoms with Crippen molar-refractivity contribution in [2.24, 2.45) is 5.41 Å². The molecular weight excluding hydrogens is 408 g/mol. The van der Waals surface area contributed by atoms with Gasteiger partial charge in [-0.25, -0.2) is 4.79 Å². The van der Waals surface area contributed by atoms with Gasteiger partial charge >= 0.3 is 12.0 Å². The van der Waals surface area contributed by atoms with E-state index in [9.17, 15) is 9.59 Å². The highest BCUT2D eigenvalue weighted by atomic mass is 16.5. The van der Waals surface area contributed by atoms with E-state index in [1.54, 1.807) is 37.3 Å². The molecule has 1 atom stereocenters. The molecule has 32 heavy (non-hydrogen) atoms. The highest BCUT2D eigenvalue weighted by Gasteiger charge is 2.45. The maximum atomic E-state index is 13.1. The summed E-state index contributed by atoms with van der Waals surface area (Å²) in [6.07, 6.45) is 1.95. The number of aryl methyl sites for hydroxylation is 1. The number of ether oxygens (including phenoxy) is 3. The molecule has 0 aliphatic carbocycles. The Morgan fingerprint density at radius 2 is 1.84 bits per heavy atom. The summed E-state index contributed by atoms with van der Waals surface area (Å²) in [6, 6.07) is 13.0. The van der Waals surface area contributed by atoms with Crippen LogP contribution in [-0.4, -0.2) is 50.8 Å². The maximum absolute atomic E-state index is 13.1. The molecule has 1 aliphatic heterocycles. The maximum Gasteiger partial charge on any atom is 0.321 e. The molecule has 2 amide bonds. The topological polar surface area (TPSA) is 77.1 Å². The van der Waals surface area contributed by atoms with Crippen LogP contribution in [0, 0.1) is 12.3 Å². The second kappa shape index (κ2) is 10.4. The van der Waals surface area contributed by atoms with Crippen LogP contribution in [0.25, 0.3) is 0 Å². The average Bonchev–Trinajstić information content (AvgIpc) is 2.80. The summed E-state index contributed by atoms with van der Waals surface area (Å²) in [5.74, 6) is 0.874. The van der Waals surface area contributed by atoms with Crippen LogP contribution in [-0.2, 0) is 16.0 Å². The number of benzene rings is 2. The Balaban J connectivity index is 1.81. The van der Waals surface area contributed by atoms with E-state index in [2.05, 4.69) is 5.32 Å². The highest BCUT2D eigenvalue weighted by molar-refractivity contribution is 5.90. The van der Waals surface area contributed by atoms with Gasteiger partial charge in [-0.05, 0) is 56.4 Å². The van der Waals surface area contributed by atoms with E-state index in [0.717, 1.165) is 17.5 Å². The fourth-order valence-corrected chi connectivity index (χ4v) is 4.26. The average molecular weight is 441 g/mol. The lowest BCUT2D eigenvalue weighted by Crippen LogP contribution is -2.52. The summed E-state index contributed by atoms with van der Waals surface area (Å²) in [4.78, 5) is 27.9. The smallest absolute Gasteiger partial charge is 0.321 e. The van der Waals surface area contributed by atoms with Crippen molar-refractivity contribution in [3.63, 3.8) is 0 Å². The number of carbonyl (C=O) groups is 2. The van der Waals surface area contributed by atoms with Gasteiger partial charge in [0.05, 0.1) is 26.2 Å². The number of esters is 1. The lowest BCUT2D eigenvalue weighted by molar-refractivity contribution is -0.158. The third-order valence-electron chi connectivity index (χ3n) is 6.00. The lowest BCUT2D eigenvalue weighted by atomic mass is 9.74. The first kappa shape index (κ1) is 23.4. The van der Waals surface area contributed by atoms with Crippen LogP contribution in [0.1, 0.15) is 30.9 Å². The second-order valence-corrected chi connectivity index (χ2v) is 8.13. The molecule has 0 spiro atoms. The number of amides is 2. The molecule has 0 radical (unpaired) electrons. The Kier molecular flexibility index (Phi) is 7.62. The molecule has 3 rings (SSSR count). The van der Waals surface area contributed by atoms with Crippen LogP contribution in [0.5, 0.6) is 11.5 Å². The zero-order valence-corrected chi connectivity index (χ0v) is 19.3. The highest BCUT2D eigenvalue weighted by Crippen LogP contribution is 2.37. The number of rotatable bonds is 7. The summed E-state index contributed by atoms with van der Waals surface area (Å²) in [7, 11) is 3.11. The Morgan fingerprint density at radius 1 is 1.09 bits per heavy atom. The van der Waals surface area contributed by atoms with Crippen molar-refractivity contribution in [3.05, 3.63) is 53.6 Å². The molecule has 1 fully saturated rings. The monoisotopic (exact) mass is 440 g/mol. The van der Waals surface area contributed by atoms with Crippen molar-refractivity contribution >= 4 is 17.7 Å². The quantitative estimate of drug-likeness (QED) is 0.645. The molecule has 0 saturated carbocycles. The van der Waals surface area contributed by atoms with Gasteiger partial charge < -0.3 is 24.4 Å². The fraction of sp³-hybridized carbons (Fsp3) is 0.440. The van der Waals surface area contributed by atoms with E-state index in [1.807, 2.05) is 38.1 Å². The number of hydrogen-bond donors (Lipinski definition) is 1. The normalized spacial score (nSPS) is 18.1. The number of nitrogens with one attached hydrogen (secondary N) is 1. The minimum absolute atomic E-state index is 0.244. The summed E-state index contributed by atoms with van der Waals surface area (Å²) < 4.78 is 16.0. The van der Waals surface area contributed by atoms with Crippen LogP contribution >= 0.6 is 0 Å². The first-order chi connectivity index (χ1) is 15.4. The molecule has 1 aliphatic rings. The molecule has 2 aromatic carbocycles. The van der Waals surface area contributed by atoms with Gasteiger partial charge in [0, 0.05) is 24.8 Å². The SMILES string of the molecule is CCOC(=O)C1(Cc2ccccc2C)CCCN(C(=O)Nc2ccc(OC)c(OC)c2)C1. The van der Waals surface area contributed by atoms with E-state index < -0.39 is 5.41 Å². The van der Waals surface area contributed by atoms with Crippen molar-refractivity contribution < 1.29 is 23.8 Å². The number of nitrogens with zero attached hydrogens (tertiary/aromatic N) is 1. The van der Waals surface area contributed by atoms with Crippen molar-refractivity contribution in [1.29, 1.82) is 0 Å². The second-order valence-electron chi connectivity index (χ2n) is 8.13. The van der Waals surface area contributed by atoms with Crippen molar-refractivity contribution in [2.75, 3.05) is 39.2 Å². The summed E-state index contributed by atoms with van der Waals surface area (Å²) in [6.45, 7) is 5.04. The first-order valence-electron chi connectivity index (χ1n) is 10.9. The molecule has 1 unspecified atom stereocenters. The van der Waals surface area contributed by atoms with Gasteiger partial charge in [0.2, 0.25) is 0 Å². The number of likely N-dealkylation sites (tertiary alicyclic amines) is 1. The first-order valence-corrected chi connectivity index (χ1v) is 10.9. The summed E-state index contributed by atoms with van der Waals surface area (Å²) in [5, 5.41) is 2.92. The van der Waals surface area contributed by atoms with E-state index >= 15 is 0 Å². The van der Waals surface area contributed by atoms with E-state index in [0.29, 0.717) is 49.7 Å². The third kappa shape index (κ3) is 5.15. The minimum Gasteiger partial charge on any atom is -0.493 e. The van der Waals surface area contributed by atoms with Crippen molar-refractivity contribution in [3.8, 4) is 11.5 Å². The van der Waals surface area contributed by atoms with Gasteiger partial charge in [0.15, 0.2) is 11.5 Å². The standard InChI is InChI=1S/C25H32N2O5/c1-5-32-23(28)25(16-19-10-7-6-9-18(19)2)13-8-14-27(17-25)24(29)26-20-11-12-21(30-3)22(15-20)31-4/h6-7,9-12,15H,5,8,13-14,16-17H2,1-4H3,(H,26,29). The van der Waals surface area contributed by atoms with Gasteiger partial charge in [-0.2, -0.15) is 0 Å². The number of anilines is 1. The van der Waals surface area contributed by atoms with Crippen LogP contribution in [0.3, 0.4) is 0 Å². The van der Waals surface area contributed by atoms with Gasteiger partial charge in [0.25, 0.3) is 0 Å². The van der Waals surface area contributed by atoms with Crippen LogP contribution in [0.4, 0.5) is 10.5 Å². The lowest BCUT2D eigenvalue weighted by Gasteiger charge is -2.41. The van der Waals surface area contributed by atoms with Gasteiger partial charge in [0.1, 0.15) is 0 Å². The van der Waals surface area contributed by atoms with E-state index in [1.165, 1.54) is 0 Å². The predicted octanol–water partition coefficient (Wildman–Crippen LogP) is 4.43. The van der Waals surface area contributed by atoms with Gasteiger partial charge in [-0.15, -0.1) is 0 Å². The molecular formula is C25H32N2O5. The third-order valence-corrected chi connectivity index (χ3v) is 6.00. The largest absolute Gasteiger partial charge is 0.493 e. The van der Waals surface area contributed by atoms with Crippen molar-refractivity contribution in [1.82, 2.24) is 4.90 Å². The predicted molar refractivity (Wildman–Crippen MR) is 123 cm³/mol. The number of hydrogen-bond acceptors (Lipinski definition) is 5. The minimum atomic E-state index is -0.769. The summed E-state index contributed by atoms with van der Waals surface area (Å²) in [5.41, 5.74) is 2.06. The van der Waals surface area contributed by atoms with Crippen LogP contribution in [0.2, 0.25) is 0 Å². The Bertz CT molecular complexity index is 961. The molecule has 7 heteroatoms. The molecule has 2 aromatic rings. The Hall–Kier alpha value is -3.22. The van der Waals surface area contributed by atoms with Gasteiger partial charge in [-0.1, -0.05) is 24.3 Å². The zero-order chi connectivity index (χ0) is 23.1. The van der Waals surface area contributed by atoms with E-state index in [4.69, 9.17) is 14.2 Å². The molecule has 0 aromatic heterocycles. The Labute approximate surface area is 189 Å². The summed E-state index contributed by atoms with van der Waals surface area (Å²) >= 11 is 0. The molecule has 172 valence electrons. The number of piperidine rings is 1. The Morgan fingerprint density at radius 3 is 2.53 bits per heavy atom. The van der Waals surface area contributed by atoms with Gasteiger partial charge in [-0.3, -0.25) is 4.79 Å². The fourth-order valence-electron chi connectivity index (χ4n) is 4.26. The molecule has 0 bridgehead atoms. The van der Waals surface area contributed by atoms with E-state index in [-0.39, 0.29) is 12.0 Å². The molecule has 7 nitrogen and oxygen atoms in total. The molecule has 1 saturated heterocycles. The van der Waals surface area contributed by atoms with Crippen LogP contribution < -0.4 is 14.8 Å². The van der Waals surface area contributed by atoms with Crippen molar-refractivity contribution in [2.45, 2.75) is 33.1 Å². The zero-order valence-electron chi connectivity index (χ0n) is 19.3. The molecule has 1 N–H and O–H groups in total. The number of urea groups is 1. The number of carbonyl (C=O) groups excluding carboxylic acids is 2. The van der Waals surface area contributed by atoms with Crippen LogP contribution in [0.15, 0.2) is 42.5 Å².